The SMILES string of the molecule is Cc1cc(S(=O)(=O)NC2CCSC2)cc(N)c1Cl. The molecule has 1 unspecified atom stereocenters. The zero-order valence-electron chi connectivity index (χ0n) is 9.94. The maximum atomic E-state index is 12.2. The maximum Gasteiger partial charge on any atom is 0.240 e. The predicted molar refractivity (Wildman–Crippen MR) is 76.7 cm³/mol. The molecule has 0 spiro atoms. The summed E-state index contributed by atoms with van der Waals surface area (Å²) >= 11 is 7.68. The number of anilines is 1. The van der Waals surface area contributed by atoms with Crippen LogP contribution in [0.5, 0.6) is 0 Å². The fraction of sp³-hybridized carbons (Fsp3) is 0.455. The number of sulfonamides is 1. The first-order valence-electron chi connectivity index (χ1n) is 5.56. The molecule has 0 saturated carbocycles. The van der Waals surface area contributed by atoms with Crippen molar-refractivity contribution in [1.29, 1.82) is 0 Å². The fourth-order valence-corrected chi connectivity index (χ4v) is 4.59. The largest absolute Gasteiger partial charge is 0.397 e. The summed E-state index contributed by atoms with van der Waals surface area (Å²) in [5, 5.41) is 0.408. The van der Waals surface area contributed by atoms with Crippen molar-refractivity contribution < 1.29 is 8.42 Å². The van der Waals surface area contributed by atoms with Gasteiger partial charge in [0.15, 0.2) is 0 Å². The number of nitrogens with one attached hydrogen (secondary N) is 1. The summed E-state index contributed by atoms with van der Waals surface area (Å²) in [5.74, 6) is 1.82. The molecule has 0 bridgehead atoms. The number of halogens is 1. The van der Waals surface area contributed by atoms with Gasteiger partial charge in [0, 0.05) is 11.8 Å². The van der Waals surface area contributed by atoms with E-state index in [1.807, 2.05) is 0 Å². The summed E-state index contributed by atoms with van der Waals surface area (Å²) in [6, 6.07) is 2.96. The molecule has 7 heteroatoms. The Hall–Kier alpha value is -0.430. The third-order valence-corrected chi connectivity index (χ3v) is 6.00. The fourth-order valence-electron chi connectivity index (χ4n) is 1.83. The average Bonchev–Trinajstić information content (AvgIpc) is 2.77. The number of benzene rings is 1. The monoisotopic (exact) mass is 306 g/mol. The summed E-state index contributed by atoms with van der Waals surface area (Å²) in [4.78, 5) is 0.179. The Bertz CT molecular complexity index is 531. The highest BCUT2D eigenvalue weighted by molar-refractivity contribution is 7.99. The maximum absolute atomic E-state index is 12.2. The second-order valence-electron chi connectivity index (χ2n) is 4.33. The van der Waals surface area contributed by atoms with E-state index in [9.17, 15) is 8.42 Å². The summed E-state index contributed by atoms with van der Waals surface area (Å²) in [6.45, 7) is 1.74. The molecular weight excluding hydrogens is 292 g/mol. The number of thioether (sulfide) groups is 1. The molecule has 4 nitrogen and oxygen atoms in total. The third kappa shape index (κ3) is 2.93. The van der Waals surface area contributed by atoms with Crippen LogP contribution in [0, 0.1) is 6.92 Å². The van der Waals surface area contributed by atoms with Gasteiger partial charge in [-0.15, -0.1) is 0 Å². The van der Waals surface area contributed by atoms with Gasteiger partial charge in [-0.25, -0.2) is 13.1 Å². The lowest BCUT2D eigenvalue weighted by Crippen LogP contribution is -2.34. The highest BCUT2D eigenvalue weighted by atomic mass is 35.5. The number of rotatable bonds is 3. The number of aryl methyl sites for hydroxylation is 1. The van der Waals surface area contributed by atoms with Gasteiger partial charge in [-0.05, 0) is 36.8 Å². The van der Waals surface area contributed by atoms with Crippen LogP contribution in [0.15, 0.2) is 17.0 Å². The second kappa shape index (κ2) is 5.28. The van der Waals surface area contributed by atoms with E-state index in [0.717, 1.165) is 17.9 Å². The number of hydrogen-bond acceptors (Lipinski definition) is 4. The van der Waals surface area contributed by atoms with Crippen LogP contribution in [0.2, 0.25) is 5.02 Å². The van der Waals surface area contributed by atoms with Gasteiger partial charge in [-0.2, -0.15) is 11.8 Å². The van der Waals surface area contributed by atoms with Gasteiger partial charge in [0.05, 0.1) is 15.6 Å². The molecule has 0 radical (unpaired) electrons. The van der Waals surface area contributed by atoms with Crippen molar-refractivity contribution in [1.82, 2.24) is 4.72 Å². The van der Waals surface area contributed by atoms with Crippen molar-refractivity contribution >= 4 is 39.1 Å². The molecule has 1 aliphatic heterocycles. The molecule has 1 atom stereocenters. The zero-order valence-corrected chi connectivity index (χ0v) is 12.3. The van der Waals surface area contributed by atoms with E-state index in [0.29, 0.717) is 10.6 Å². The standard InChI is InChI=1S/C11H15ClN2O2S2/c1-7-4-9(5-10(13)11(7)12)18(15,16)14-8-2-3-17-6-8/h4-5,8,14H,2-3,6,13H2,1H3. The summed E-state index contributed by atoms with van der Waals surface area (Å²) in [5.41, 5.74) is 6.65. The first-order chi connectivity index (χ1) is 8.40. The zero-order chi connectivity index (χ0) is 13.3. The van der Waals surface area contributed by atoms with E-state index < -0.39 is 10.0 Å². The minimum absolute atomic E-state index is 0.0113. The van der Waals surface area contributed by atoms with Crippen LogP contribution < -0.4 is 10.5 Å². The van der Waals surface area contributed by atoms with Crippen molar-refractivity contribution in [2.75, 3.05) is 17.2 Å². The molecule has 0 aromatic heterocycles. The highest BCUT2D eigenvalue weighted by Gasteiger charge is 2.24. The minimum Gasteiger partial charge on any atom is -0.397 e. The van der Waals surface area contributed by atoms with Gasteiger partial charge < -0.3 is 5.73 Å². The van der Waals surface area contributed by atoms with Crippen molar-refractivity contribution in [3.8, 4) is 0 Å². The van der Waals surface area contributed by atoms with Crippen LogP contribution in [0.4, 0.5) is 5.69 Å². The van der Waals surface area contributed by atoms with E-state index >= 15 is 0 Å². The lowest BCUT2D eigenvalue weighted by atomic mass is 10.2. The number of hydrogen-bond donors (Lipinski definition) is 2. The van der Waals surface area contributed by atoms with E-state index in [-0.39, 0.29) is 16.6 Å². The van der Waals surface area contributed by atoms with Crippen LogP contribution in [0.3, 0.4) is 0 Å². The number of nitrogens with two attached hydrogens (primary N) is 1. The van der Waals surface area contributed by atoms with Gasteiger partial charge in [-0.1, -0.05) is 11.6 Å². The molecule has 0 amide bonds. The average molecular weight is 307 g/mol. The van der Waals surface area contributed by atoms with Crippen molar-refractivity contribution in [2.45, 2.75) is 24.3 Å². The van der Waals surface area contributed by atoms with Crippen LogP contribution >= 0.6 is 23.4 Å². The molecule has 1 fully saturated rings. The van der Waals surface area contributed by atoms with Crippen molar-refractivity contribution in [2.24, 2.45) is 0 Å². The first-order valence-corrected chi connectivity index (χ1v) is 8.57. The van der Waals surface area contributed by atoms with Gasteiger partial charge in [-0.3, -0.25) is 0 Å². The van der Waals surface area contributed by atoms with Gasteiger partial charge in [0.1, 0.15) is 0 Å². The molecular formula is C11H15ClN2O2S2. The summed E-state index contributed by atoms with van der Waals surface area (Å²) < 4.78 is 27.1. The molecule has 0 aliphatic carbocycles. The highest BCUT2D eigenvalue weighted by Crippen LogP contribution is 2.27. The summed E-state index contributed by atoms with van der Waals surface area (Å²) in [7, 11) is -3.51. The Labute approximate surface area is 116 Å². The molecule has 1 heterocycles. The molecule has 1 saturated heterocycles. The topological polar surface area (TPSA) is 72.2 Å². The Morgan fingerprint density at radius 2 is 2.22 bits per heavy atom. The van der Waals surface area contributed by atoms with Crippen LogP contribution in [-0.2, 0) is 10.0 Å². The molecule has 18 heavy (non-hydrogen) atoms. The first kappa shape index (κ1) is 14.0. The molecule has 1 aliphatic rings. The van der Waals surface area contributed by atoms with Gasteiger partial charge in [0.25, 0.3) is 0 Å². The van der Waals surface area contributed by atoms with Crippen LogP contribution in [0.25, 0.3) is 0 Å². The Balaban J connectivity index is 2.29. The normalized spacial score (nSPS) is 20.2. The lowest BCUT2D eigenvalue weighted by molar-refractivity contribution is 0.563. The minimum atomic E-state index is -3.51. The molecule has 3 N–H and O–H groups in total. The van der Waals surface area contributed by atoms with Crippen LogP contribution in [-0.4, -0.2) is 26.0 Å². The van der Waals surface area contributed by atoms with Gasteiger partial charge in [0.2, 0.25) is 10.0 Å². The van der Waals surface area contributed by atoms with Gasteiger partial charge >= 0.3 is 0 Å². The van der Waals surface area contributed by atoms with E-state index in [1.54, 1.807) is 24.8 Å². The summed E-state index contributed by atoms with van der Waals surface area (Å²) in [6.07, 6.45) is 0.867. The van der Waals surface area contributed by atoms with Crippen molar-refractivity contribution in [3.05, 3.63) is 22.7 Å². The van der Waals surface area contributed by atoms with Crippen LogP contribution in [0.1, 0.15) is 12.0 Å². The lowest BCUT2D eigenvalue weighted by Gasteiger charge is -2.13. The smallest absolute Gasteiger partial charge is 0.240 e. The Morgan fingerprint density at radius 3 is 2.78 bits per heavy atom. The second-order valence-corrected chi connectivity index (χ2v) is 7.57. The third-order valence-electron chi connectivity index (χ3n) is 2.82. The molecule has 1 aromatic carbocycles. The van der Waals surface area contributed by atoms with E-state index in [4.69, 9.17) is 17.3 Å². The van der Waals surface area contributed by atoms with Crippen molar-refractivity contribution in [3.63, 3.8) is 0 Å². The van der Waals surface area contributed by atoms with E-state index in [2.05, 4.69) is 4.72 Å². The molecule has 2 rings (SSSR count). The Morgan fingerprint density at radius 1 is 1.50 bits per heavy atom. The predicted octanol–water partition coefficient (Wildman–Crippen LogP) is 2.01. The van der Waals surface area contributed by atoms with E-state index in [1.165, 1.54) is 6.07 Å². The Kier molecular flexibility index (Phi) is 4.11. The molecule has 100 valence electrons. The quantitative estimate of drug-likeness (QED) is 0.838. The number of nitrogen functional groups attached to an aromatic ring is 1. The molecule has 1 aromatic rings.